The molecule has 0 radical (unpaired) electrons. The van der Waals surface area contributed by atoms with E-state index in [9.17, 15) is 4.79 Å². The fraction of sp³-hybridized carbons (Fsp3) is 0.529. The molecule has 0 saturated carbocycles. The van der Waals surface area contributed by atoms with Gasteiger partial charge in [-0.2, -0.15) is 0 Å². The summed E-state index contributed by atoms with van der Waals surface area (Å²) in [4.78, 5) is 20.2. The predicted molar refractivity (Wildman–Crippen MR) is 93.1 cm³/mol. The highest BCUT2D eigenvalue weighted by Gasteiger charge is 2.25. The summed E-state index contributed by atoms with van der Waals surface area (Å²) in [6.45, 7) is 9.29. The third-order valence-corrected chi connectivity index (χ3v) is 3.74. The van der Waals surface area contributed by atoms with Crippen molar-refractivity contribution in [1.82, 2.24) is 14.8 Å². The summed E-state index contributed by atoms with van der Waals surface area (Å²) >= 11 is 3.35. The molecule has 1 saturated heterocycles. The number of carbonyl (C=O) groups excluding carboxylic acids is 1. The van der Waals surface area contributed by atoms with Crippen molar-refractivity contribution in [2.75, 3.05) is 32.7 Å². The minimum atomic E-state index is -0.447. The van der Waals surface area contributed by atoms with Crippen molar-refractivity contribution >= 4 is 22.0 Å². The Hall–Kier alpha value is -1.58. The number of nitrogens with zero attached hydrogens (tertiary/aromatic N) is 3. The highest BCUT2D eigenvalue weighted by Crippen LogP contribution is 2.11. The molecular formula is C17H22BrN3O2. The van der Waals surface area contributed by atoms with Gasteiger partial charge in [-0.1, -0.05) is 5.92 Å². The zero-order valence-electron chi connectivity index (χ0n) is 13.8. The van der Waals surface area contributed by atoms with Gasteiger partial charge in [0.2, 0.25) is 0 Å². The van der Waals surface area contributed by atoms with Crippen molar-refractivity contribution in [2.24, 2.45) is 0 Å². The van der Waals surface area contributed by atoms with E-state index in [-0.39, 0.29) is 6.09 Å². The number of ether oxygens (including phenoxy) is 1. The standard InChI is InChI=1S/C17H22BrN3O2/c1-17(2,3)23-16(22)21-11-9-20(10-12-21)8-4-5-15-7-6-14(18)13-19-15/h6-7,13H,8-12H2,1-3H3. The van der Waals surface area contributed by atoms with Gasteiger partial charge in [-0.3, -0.25) is 4.90 Å². The lowest BCUT2D eigenvalue weighted by atomic mass is 10.2. The van der Waals surface area contributed by atoms with Crippen molar-refractivity contribution in [3.63, 3.8) is 0 Å². The molecule has 1 fully saturated rings. The van der Waals surface area contributed by atoms with E-state index in [1.807, 2.05) is 32.9 Å². The van der Waals surface area contributed by atoms with Crippen LogP contribution in [0, 0.1) is 11.8 Å². The SMILES string of the molecule is CC(C)(C)OC(=O)N1CCN(CC#Cc2ccc(Br)cn2)CC1. The summed E-state index contributed by atoms with van der Waals surface area (Å²) < 4.78 is 6.34. The molecule has 1 aromatic heterocycles. The summed E-state index contributed by atoms with van der Waals surface area (Å²) in [6.07, 6.45) is 1.51. The highest BCUT2D eigenvalue weighted by atomic mass is 79.9. The molecule has 0 aliphatic carbocycles. The maximum absolute atomic E-state index is 12.0. The van der Waals surface area contributed by atoms with Gasteiger partial charge in [-0.15, -0.1) is 0 Å². The minimum absolute atomic E-state index is 0.234. The van der Waals surface area contributed by atoms with E-state index in [2.05, 4.69) is 37.7 Å². The van der Waals surface area contributed by atoms with Crippen LogP contribution >= 0.6 is 15.9 Å². The minimum Gasteiger partial charge on any atom is -0.444 e. The fourth-order valence-electron chi connectivity index (χ4n) is 2.11. The Morgan fingerprint density at radius 3 is 2.57 bits per heavy atom. The van der Waals surface area contributed by atoms with Crippen LogP contribution in [0.3, 0.4) is 0 Å². The summed E-state index contributed by atoms with van der Waals surface area (Å²) in [5.41, 5.74) is 0.317. The second kappa shape index (κ2) is 7.80. The molecule has 1 aliphatic heterocycles. The van der Waals surface area contributed by atoms with Crippen molar-refractivity contribution < 1.29 is 9.53 Å². The van der Waals surface area contributed by atoms with Crippen molar-refractivity contribution in [2.45, 2.75) is 26.4 Å². The molecule has 0 atom stereocenters. The topological polar surface area (TPSA) is 45.7 Å². The van der Waals surface area contributed by atoms with Crippen LogP contribution in [0.2, 0.25) is 0 Å². The molecule has 124 valence electrons. The molecule has 0 N–H and O–H groups in total. The Morgan fingerprint density at radius 1 is 1.30 bits per heavy atom. The molecule has 0 unspecified atom stereocenters. The van der Waals surface area contributed by atoms with Gasteiger partial charge < -0.3 is 9.64 Å². The van der Waals surface area contributed by atoms with Gasteiger partial charge in [0, 0.05) is 36.8 Å². The van der Waals surface area contributed by atoms with E-state index in [1.54, 1.807) is 11.1 Å². The lowest BCUT2D eigenvalue weighted by Gasteiger charge is -2.34. The Kier molecular flexibility index (Phi) is 6.03. The second-order valence-corrected chi connectivity index (χ2v) is 7.32. The Balaban J connectivity index is 1.77. The number of aromatic nitrogens is 1. The molecule has 1 amide bonds. The van der Waals surface area contributed by atoms with Gasteiger partial charge >= 0.3 is 6.09 Å². The number of rotatable bonds is 1. The number of amides is 1. The number of hydrogen-bond acceptors (Lipinski definition) is 4. The number of hydrogen-bond donors (Lipinski definition) is 0. The average molecular weight is 380 g/mol. The maximum atomic E-state index is 12.0. The number of piperazine rings is 1. The molecule has 2 rings (SSSR count). The van der Waals surface area contributed by atoms with Crippen LogP contribution in [0.4, 0.5) is 4.79 Å². The quantitative estimate of drug-likeness (QED) is 0.703. The average Bonchev–Trinajstić information content (AvgIpc) is 2.48. The van der Waals surface area contributed by atoms with Gasteiger partial charge in [0.1, 0.15) is 11.3 Å². The lowest BCUT2D eigenvalue weighted by Crippen LogP contribution is -2.50. The lowest BCUT2D eigenvalue weighted by molar-refractivity contribution is 0.0155. The van der Waals surface area contributed by atoms with Crippen LogP contribution in [0.15, 0.2) is 22.8 Å². The largest absolute Gasteiger partial charge is 0.444 e. The Morgan fingerprint density at radius 2 is 2.00 bits per heavy atom. The van der Waals surface area contributed by atoms with Crippen LogP contribution in [0.25, 0.3) is 0 Å². The van der Waals surface area contributed by atoms with Crippen LogP contribution in [0.5, 0.6) is 0 Å². The first-order valence-corrected chi connectivity index (χ1v) is 8.43. The van der Waals surface area contributed by atoms with Crippen LogP contribution in [-0.4, -0.2) is 59.2 Å². The van der Waals surface area contributed by atoms with Crippen LogP contribution < -0.4 is 0 Å². The van der Waals surface area contributed by atoms with E-state index >= 15 is 0 Å². The van der Waals surface area contributed by atoms with E-state index in [1.165, 1.54) is 0 Å². The zero-order chi connectivity index (χ0) is 16.9. The van der Waals surface area contributed by atoms with Gasteiger partial charge in [-0.05, 0) is 54.8 Å². The summed E-state index contributed by atoms with van der Waals surface area (Å²) in [6, 6.07) is 3.81. The van der Waals surface area contributed by atoms with Crippen molar-refractivity contribution in [3.8, 4) is 11.8 Å². The normalized spacial score (nSPS) is 15.7. The third kappa shape index (κ3) is 6.20. The predicted octanol–water partition coefficient (Wildman–Crippen LogP) is 2.75. The van der Waals surface area contributed by atoms with E-state index in [4.69, 9.17) is 4.74 Å². The monoisotopic (exact) mass is 379 g/mol. The number of pyridine rings is 1. The molecule has 6 heteroatoms. The first-order valence-electron chi connectivity index (χ1n) is 7.64. The van der Waals surface area contributed by atoms with Crippen LogP contribution in [0.1, 0.15) is 26.5 Å². The molecule has 0 bridgehead atoms. The molecule has 5 nitrogen and oxygen atoms in total. The van der Waals surface area contributed by atoms with Crippen LogP contribution in [-0.2, 0) is 4.74 Å². The Labute approximate surface area is 146 Å². The second-order valence-electron chi connectivity index (χ2n) is 6.41. The van der Waals surface area contributed by atoms with Gasteiger partial charge in [0.15, 0.2) is 0 Å². The molecule has 0 aromatic carbocycles. The first kappa shape index (κ1) is 17.8. The molecule has 1 aromatic rings. The van der Waals surface area contributed by atoms with Gasteiger partial charge in [0.25, 0.3) is 0 Å². The first-order chi connectivity index (χ1) is 10.8. The molecule has 23 heavy (non-hydrogen) atoms. The molecule has 0 spiro atoms. The Bertz CT molecular complexity index is 591. The maximum Gasteiger partial charge on any atom is 0.410 e. The molecule has 1 aliphatic rings. The smallest absolute Gasteiger partial charge is 0.410 e. The van der Waals surface area contributed by atoms with E-state index in [0.717, 1.165) is 23.3 Å². The highest BCUT2D eigenvalue weighted by molar-refractivity contribution is 9.10. The fourth-order valence-corrected chi connectivity index (χ4v) is 2.34. The van der Waals surface area contributed by atoms with E-state index < -0.39 is 5.60 Å². The van der Waals surface area contributed by atoms with Gasteiger partial charge in [-0.25, -0.2) is 9.78 Å². The molecule has 2 heterocycles. The summed E-state index contributed by atoms with van der Waals surface area (Å²) in [5, 5.41) is 0. The summed E-state index contributed by atoms with van der Waals surface area (Å²) in [7, 11) is 0. The van der Waals surface area contributed by atoms with Crippen molar-refractivity contribution in [3.05, 3.63) is 28.5 Å². The number of halogens is 1. The number of carbonyl (C=O) groups is 1. The zero-order valence-corrected chi connectivity index (χ0v) is 15.4. The van der Waals surface area contributed by atoms with E-state index in [0.29, 0.717) is 19.6 Å². The van der Waals surface area contributed by atoms with Gasteiger partial charge in [0.05, 0.1) is 6.54 Å². The third-order valence-electron chi connectivity index (χ3n) is 3.27. The molecular weight excluding hydrogens is 358 g/mol. The summed E-state index contributed by atoms with van der Waals surface area (Å²) in [5.74, 6) is 6.19. The van der Waals surface area contributed by atoms with Crippen molar-refractivity contribution in [1.29, 1.82) is 0 Å².